The van der Waals surface area contributed by atoms with Gasteiger partial charge in [0.15, 0.2) is 17.0 Å². The Hall–Kier alpha value is -4.48. The van der Waals surface area contributed by atoms with Gasteiger partial charge in [0.05, 0.1) is 7.11 Å². The summed E-state index contributed by atoms with van der Waals surface area (Å²) in [6, 6.07) is 11.4. The van der Waals surface area contributed by atoms with Crippen LogP contribution < -0.4 is 15.0 Å². The molecular weight excluding hydrogens is 566 g/mol. The second-order valence-corrected chi connectivity index (χ2v) is 10.9. The Kier molecular flexibility index (Phi) is 7.53. The fourth-order valence-corrected chi connectivity index (χ4v) is 6.05. The zero-order valence-electron chi connectivity index (χ0n) is 23.3. The molecular formula is C31H29F4N5O3. The highest BCUT2D eigenvalue weighted by atomic mass is 19.4. The van der Waals surface area contributed by atoms with E-state index in [1.54, 1.807) is 24.3 Å². The fourth-order valence-electron chi connectivity index (χ4n) is 6.05. The van der Waals surface area contributed by atoms with E-state index >= 15 is 0 Å². The Morgan fingerprint density at radius 3 is 2.37 bits per heavy atom. The fraction of sp³-hybridized carbons (Fsp3) is 0.355. The number of amides is 2. The second-order valence-electron chi connectivity index (χ2n) is 10.9. The van der Waals surface area contributed by atoms with E-state index in [0.29, 0.717) is 34.4 Å². The lowest BCUT2D eigenvalue weighted by Gasteiger charge is -2.32. The summed E-state index contributed by atoms with van der Waals surface area (Å²) in [4.78, 5) is 33.8. The van der Waals surface area contributed by atoms with Crippen molar-refractivity contribution < 1.29 is 31.9 Å². The normalized spacial score (nSPS) is 15.8. The van der Waals surface area contributed by atoms with E-state index in [1.165, 1.54) is 25.3 Å². The molecule has 1 N–H and O–H groups in total. The molecule has 1 saturated carbocycles. The predicted molar refractivity (Wildman–Crippen MR) is 149 cm³/mol. The van der Waals surface area contributed by atoms with Crippen LogP contribution in [0.2, 0.25) is 0 Å². The van der Waals surface area contributed by atoms with Crippen molar-refractivity contribution >= 4 is 23.1 Å². The zero-order valence-corrected chi connectivity index (χ0v) is 23.3. The number of nitrogens with one attached hydrogen (secondary N) is 1. The van der Waals surface area contributed by atoms with E-state index in [9.17, 15) is 27.2 Å². The van der Waals surface area contributed by atoms with E-state index in [-0.39, 0.29) is 35.1 Å². The average Bonchev–Trinajstić information content (AvgIpc) is 3.75. The first kappa shape index (κ1) is 28.6. The largest absolute Gasteiger partial charge is 0.497 e. The van der Waals surface area contributed by atoms with Crippen molar-refractivity contribution in [1.82, 2.24) is 19.9 Å². The Morgan fingerprint density at radius 2 is 1.72 bits per heavy atom. The van der Waals surface area contributed by atoms with Gasteiger partial charge in [0, 0.05) is 29.1 Å². The third-order valence-corrected chi connectivity index (χ3v) is 8.08. The van der Waals surface area contributed by atoms with E-state index in [2.05, 4.69) is 15.4 Å². The molecule has 2 aliphatic rings. The highest BCUT2D eigenvalue weighted by Crippen LogP contribution is 2.37. The molecule has 0 spiro atoms. The summed E-state index contributed by atoms with van der Waals surface area (Å²) in [5, 5.41) is 7.14. The lowest BCUT2D eigenvalue weighted by atomic mass is 10.0. The van der Waals surface area contributed by atoms with Crippen LogP contribution in [0, 0.1) is 5.82 Å². The summed E-state index contributed by atoms with van der Waals surface area (Å²) >= 11 is 0. The number of aryl methyl sites for hydroxylation is 1. The van der Waals surface area contributed by atoms with Crippen molar-refractivity contribution in [2.75, 3.05) is 12.0 Å². The van der Waals surface area contributed by atoms with Gasteiger partial charge in [-0.25, -0.2) is 13.9 Å². The van der Waals surface area contributed by atoms with Crippen molar-refractivity contribution in [1.29, 1.82) is 0 Å². The van der Waals surface area contributed by atoms with Gasteiger partial charge in [-0.05, 0) is 74.1 Å². The molecule has 8 nitrogen and oxygen atoms in total. The molecule has 2 aromatic heterocycles. The number of hydrogen-bond donors (Lipinski definition) is 1. The van der Waals surface area contributed by atoms with Crippen molar-refractivity contribution in [3.63, 3.8) is 0 Å². The van der Waals surface area contributed by atoms with Crippen LogP contribution in [0.5, 0.6) is 5.75 Å². The summed E-state index contributed by atoms with van der Waals surface area (Å²) in [5.41, 5.74) is -0.415. The number of rotatable bonds is 7. The van der Waals surface area contributed by atoms with Gasteiger partial charge in [0.2, 0.25) is 5.91 Å². The Morgan fingerprint density at radius 1 is 1.02 bits per heavy atom. The van der Waals surface area contributed by atoms with Crippen LogP contribution in [0.25, 0.3) is 5.65 Å². The number of hydrogen-bond acceptors (Lipinski definition) is 5. The van der Waals surface area contributed by atoms with Crippen molar-refractivity contribution in [3.8, 4) is 5.75 Å². The topological polar surface area (TPSA) is 88.8 Å². The highest BCUT2D eigenvalue weighted by Gasteiger charge is 2.41. The number of halogens is 4. The molecule has 0 radical (unpaired) electrons. The molecule has 1 atom stereocenters. The SMILES string of the molecule is COc1ccc([C@H](C(=O)NC2CCCC2)N(C(=O)c2cc3nc4c(c(C(F)(F)F)n3n2)CCC4)c2ccc(F)cc2)cc1. The number of nitrogens with zero attached hydrogens (tertiary/aromatic N) is 4. The summed E-state index contributed by atoms with van der Waals surface area (Å²) in [7, 11) is 1.50. The highest BCUT2D eigenvalue weighted by molar-refractivity contribution is 6.09. The zero-order chi connectivity index (χ0) is 30.3. The van der Waals surface area contributed by atoms with Gasteiger partial charge in [-0.2, -0.15) is 18.3 Å². The number of ether oxygens (including phenoxy) is 1. The van der Waals surface area contributed by atoms with E-state index < -0.39 is 35.5 Å². The number of carbonyl (C=O) groups excluding carboxylic acids is 2. The van der Waals surface area contributed by atoms with Crippen LogP contribution >= 0.6 is 0 Å². The third-order valence-electron chi connectivity index (χ3n) is 8.08. The first-order valence-electron chi connectivity index (χ1n) is 14.2. The van der Waals surface area contributed by atoms with Gasteiger partial charge in [0.25, 0.3) is 5.91 Å². The standard InChI is InChI=1S/C31H29F4N5O3/c1-43-22-15-9-18(10-16-22)27(29(41)36-20-5-2-3-6-20)39(21-13-11-19(32)12-14-21)30(42)25-17-26-37-24-8-4-7-23(24)28(31(33,34)35)40(26)38-25/h9-17,20,27H,2-8H2,1H3,(H,36,41)/t27-/m1/s1. The Balaban J connectivity index is 1.50. The molecule has 12 heteroatoms. The van der Waals surface area contributed by atoms with Crippen LogP contribution in [-0.4, -0.2) is 39.6 Å². The molecule has 2 heterocycles. The minimum atomic E-state index is -4.73. The average molecular weight is 596 g/mol. The third kappa shape index (κ3) is 5.53. The number of alkyl halides is 3. The molecule has 0 aliphatic heterocycles. The first-order chi connectivity index (χ1) is 20.6. The maximum Gasteiger partial charge on any atom is 0.433 e. The monoisotopic (exact) mass is 595 g/mol. The van der Waals surface area contributed by atoms with Gasteiger partial charge < -0.3 is 10.1 Å². The van der Waals surface area contributed by atoms with Gasteiger partial charge in [-0.1, -0.05) is 25.0 Å². The minimum Gasteiger partial charge on any atom is -0.497 e. The molecule has 4 aromatic rings. The number of aromatic nitrogens is 3. The smallest absolute Gasteiger partial charge is 0.433 e. The predicted octanol–water partition coefficient (Wildman–Crippen LogP) is 5.83. The molecule has 0 bridgehead atoms. The number of carbonyl (C=O) groups is 2. The van der Waals surface area contributed by atoms with Gasteiger partial charge in [-0.3, -0.25) is 14.5 Å². The lowest BCUT2D eigenvalue weighted by molar-refractivity contribution is -0.143. The molecule has 0 saturated heterocycles. The van der Waals surface area contributed by atoms with Gasteiger partial charge in [0.1, 0.15) is 17.6 Å². The van der Waals surface area contributed by atoms with Crippen molar-refractivity contribution in [2.45, 2.75) is 63.2 Å². The molecule has 0 unspecified atom stereocenters. The molecule has 6 rings (SSSR count). The van der Waals surface area contributed by atoms with Crippen LogP contribution in [0.3, 0.4) is 0 Å². The van der Waals surface area contributed by atoms with E-state index in [1.807, 2.05) is 0 Å². The van der Waals surface area contributed by atoms with Gasteiger partial charge in [-0.15, -0.1) is 0 Å². The maximum atomic E-state index is 14.3. The molecule has 1 fully saturated rings. The van der Waals surface area contributed by atoms with Gasteiger partial charge >= 0.3 is 6.18 Å². The van der Waals surface area contributed by atoms with Crippen LogP contribution in [0.1, 0.15) is 71.1 Å². The summed E-state index contributed by atoms with van der Waals surface area (Å²) in [6.45, 7) is 0. The van der Waals surface area contributed by atoms with Crippen molar-refractivity contribution in [2.24, 2.45) is 0 Å². The summed E-state index contributed by atoms with van der Waals surface area (Å²) < 4.78 is 62.7. The van der Waals surface area contributed by atoms with E-state index in [0.717, 1.165) is 42.7 Å². The Labute approximate surface area is 244 Å². The van der Waals surface area contributed by atoms with Crippen LogP contribution in [0.4, 0.5) is 23.2 Å². The van der Waals surface area contributed by atoms with Crippen molar-refractivity contribution in [3.05, 3.63) is 88.6 Å². The molecule has 2 amide bonds. The molecule has 43 heavy (non-hydrogen) atoms. The second kappa shape index (κ2) is 11.3. The van der Waals surface area contributed by atoms with E-state index in [4.69, 9.17) is 4.74 Å². The number of benzene rings is 2. The molecule has 2 aromatic carbocycles. The van der Waals surface area contributed by atoms with Crippen LogP contribution in [0.15, 0.2) is 54.6 Å². The number of methoxy groups -OCH3 is 1. The molecule has 224 valence electrons. The summed E-state index contributed by atoms with van der Waals surface area (Å²) in [6.07, 6.45) is -0.0985. The first-order valence-corrected chi connectivity index (χ1v) is 14.2. The van der Waals surface area contributed by atoms with Crippen LogP contribution in [-0.2, 0) is 23.8 Å². The number of anilines is 1. The quantitative estimate of drug-likeness (QED) is 0.272. The molecule has 2 aliphatic carbocycles. The lowest BCUT2D eigenvalue weighted by Crippen LogP contribution is -2.46. The Bertz CT molecular complexity index is 1660. The number of fused-ring (bicyclic) bond motifs is 2. The maximum absolute atomic E-state index is 14.3. The minimum absolute atomic E-state index is 0.0736. The summed E-state index contributed by atoms with van der Waals surface area (Å²) in [5.74, 6) is -1.36.